The fourth-order valence-electron chi connectivity index (χ4n) is 1.96. The van der Waals surface area contributed by atoms with E-state index in [0.717, 1.165) is 5.56 Å². The molecule has 2 aromatic rings. The molecule has 0 unspecified atom stereocenters. The SMILES string of the molecule is Cc1cc(C#N)cc(Oc2c(Cl)ccc(CC(=O)O)c2F)c1. The second-order valence-corrected chi connectivity index (χ2v) is 5.08. The Bertz CT molecular complexity index is 784. The Morgan fingerprint density at radius 3 is 2.77 bits per heavy atom. The number of benzene rings is 2. The van der Waals surface area contributed by atoms with Crippen molar-refractivity contribution in [2.75, 3.05) is 0 Å². The maximum atomic E-state index is 14.3. The molecule has 0 bridgehead atoms. The summed E-state index contributed by atoms with van der Waals surface area (Å²) in [5.41, 5.74) is 1.11. The molecule has 22 heavy (non-hydrogen) atoms. The minimum Gasteiger partial charge on any atom is -0.481 e. The minimum atomic E-state index is -1.16. The van der Waals surface area contributed by atoms with Crippen LogP contribution in [0.15, 0.2) is 30.3 Å². The summed E-state index contributed by atoms with van der Waals surface area (Å²) in [7, 11) is 0. The Balaban J connectivity index is 2.43. The van der Waals surface area contributed by atoms with Crippen molar-refractivity contribution in [1.29, 1.82) is 5.26 Å². The maximum absolute atomic E-state index is 14.3. The van der Waals surface area contributed by atoms with Gasteiger partial charge in [-0.2, -0.15) is 5.26 Å². The summed E-state index contributed by atoms with van der Waals surface area (Å²) in [4.78, 5) is 10.7. The Morgan fingerprint density at radius 2 is 2.14 bits per heavy atom. The number of nitrogens with zero attached hydrogens (tertiary/aromatic N) is 1. The molecule has 0 heterocycles. The number of aliphatic carboxylic acids is 1. The van der Waals surface area contributed by atoms with Gasteiger partial charge in [0.25, 0.3) is 0 Å². The highest BCUT2D eigenvalue weighted by atomic mass is 35.5. The number of halogens is 2. The highest BCUT2D eigenvalue weighted by molar-refractivity contribution is 6.32. The first-order valence-corrected chi connectivity index (χ1v) is 6.67. The molecule has 0 saturated carbocycles. The molecule has 112 valence electrons. The molecule has 0 fully saturated rings. The summed E-state index contributed by atoms with van der Waals surface area (Å²) in [6.07, 6.45) is -0.476. The first kappa shape index (κ1) is 15.8. The van der Waals surface area contributed by atoms with E-state index in [0.29, 0.717) is 5.56 Å². The number of carbonyl (C=O) groups is 1. The predicted molar refractivity (Wildman–Crippen MR) is 78.7 cm³/mol. The Labute approximate surface area is 131 Å². The van der Waals surface area contributed by atoms with Gasteiger partial charge in [0, 0.05) is 5.56 Å². The zero-order valence-electron chi connectivity index (χ0n) is 11.6. The van der Waals surface area contributed by atoms with Crippen LogP contribution in [0, 0.1) is 24.1 Å². The average Bonchev–Trinajstić information content (AvgIpc) is 2.45. The van der Waals surface area contributed by atoms with Crippen molar-refractivity contribution in [2.45, 2.75) is 13.3 Å². The molecule has 0 amide bonds. The van der Waals surface area contributed by atoms with Gasteiger partial charge in [0.15, 0.2) is 11.6 Å². The van der Waals surface area contributed by atoms with Crippen LogP contribution in [-0.4, -0.2) is 11.1 Å². The van der Waals surface area contributed by atoms with E-state index < -0.39 is 18.2 Å². The van der Waals surface area contributed by atoms with Gasteiger partial charge in [0.05, 0.1) is 23.1 Å². The third-order valence-corrected chi connectivity index (χ3v) is 3.17. The van der Waals surface area contributed by atoms with E-state index in [9.17, 15) is 9.18 Å². The summed E-state index contributed by atoms with van der Waals surface area (Å²) in [5.74, 6) is -1.98. The van der Waals surface area contributed by atoms with E-state index in [1.807, 2.05) is 6.07 Å². The summed E-state index contributed by atoms with van der Waals surface area (Å²) in [5, 5.41) is 17.7. The van der Waals surface area contributed by atoms with Crippen molar-refractivity contribution in [3.8, 4) is 17.6 Å². The van der Waals surface area contributed by atoms with E-state index in [1.54, 1.807) is 19.1 Å². The van der Waals surface area contributed by atoms with Crippen molar-refractivity contribution in [3.05, 3.63) is 57.9 Å². The lowest BCUT2D eigenvalue weighted by Crippen LogP contribution is -2.04. The van der Waals surface area contributed by atoms with Gasteiger partial charge < -0.3 is 9.84 Å². The molecule has 0 aromatic heterocycles. The lowest BCUT2D eigenvalue weighted by molar-refractivity contribution is -0.136. The first-order valence-electron chi connectivity index (χ1n) is 6.29. The van der Waals surface area contributed by atoms with E-state index in [-0.39, 0.29) is 22.1 Å². The fourth-order valence-corrected chi connectivity index (χ4v) is 2.14. The van der Waals surface area contributed by atoms with Crippen molar-refractivity contribution >= 4 is 17.6 Å². The van der Waals surface area contributed by atoms with E-state index >= 15 is 0 Å². The van der Waals surface area contributed by atoms with Crippen molar-refractivity contribution in [1.82, 2.24) is 0 Å². The van der Waals surface area contributed by atoms with Crippen LogP contribution < -0.4 is 4.74 Å². The normalized spacial score (nSPS) is 10.1. The number of carboxylic acids is 1. The molecular weight excluding hydrogens is 309 g/mol. The number of nitriles is 1. The molecule has 0 radical (unpaired) electrons. The lowest BCUT2D eigenvalue weighted by atomic mass is 10.1. The Hall–Kier alpha value is -2.58. The fraction of sp³-hybridized carbons (Fsp3) is 0.125. The molecule has 4 nitrogen and oxygen atoms in total. The summed E-state index contributed by atoms with van der Waals surface area (Å²) < 4.78 is 19.8. The third-order valence-electron chi connectivity index (χ3n) is 2.87. The summed E-state index contributed by atoms with van der Waals surface area (Å²) >= 11 is 5.92. The number of aryl methyl sites for hydroxylation is 1. The highest BCUT2D eigenvalue weighted by Gasteiger charge is 2.17. The van der Waals surface area contributed by atoms with E-state index in [2.05, 4.69) is 0 Å². The Kier molecular flexibility index (Phi) is 4.64. The van der Waals surface area contributed by atoms with Crippen LogP contribution >= 0.6 is 11.6 Å². The maximum Gasteiger partial charge on any atom is 0.307 e. The van der Waals surface area contributed by atoms with Gasteiger partial charge in [-0.1, -0.05) is 17.7 Å². The molecular formula is C16H11ClFNO3. The van der Waals surface area contributed by atoms with Gasteiger partial charge in [-0.3, -0.25) is 4.79 Å². The summed E-state index contributed by atoms with van der Waals surface area (Å²) in [6.45, 7) is 1.77. The predicted octanol–water partition coefficient (Wildman–Crippen LogP) is 4.08. The number of hydrogen-bond donors (Lipinski definition) is 1. The van der Waals surface area contributed by atoms with Crippen LogP contribution in [0.25, 0.3) is 0 Å². The smallest absolute Gasteiger partial charge is 0.307 e. The van der Waals surface area contributed by atoms with Crippen LogP contribution in [0.4, 0.5) is 4.39 Å². The molecule has 0 aliphatic carbocycles. The quantitative estimate of drug-likeness (QED) is 0.921. The van der Waals surface area contributed by atoms with Crippen molar-refractivity contribution in [2.24, 2.45) is 0 Å². The molecule has 0 spiro atoms. The van der Waals surface area contributed by atoms with Crippen LogP contribution in [0.5, 0.6) is 11.5 Å². The third kappa shape index (κ3) is 3.54. The number of hydrogen-bond acceptors (Lipinski definition) is 3. The van der Waals surface area contributed by atoms with Crippen LogP contribution in [0.1, 0.15) is 16.7 Å². The summed E-state index contributed by atoms with van der Waals surface area (Å²) in [6, 6.07) is 9.39. The number of carboxylic acid groups (broad SMARTS) is 1. The highest BCUT2D eigenvalue weighted by Crippen LogP contribution is 2.34. The van der Waals surface area contributed by atoms with E-state index in [1.165, 1.54) is 18.2 Å². The van der Waals surface area contributed by atoms with Gasteiger partial charge in [-0.15, -0.1) is 0 Å². The van der Waals surface area contributed by atoms with Gasteiger partial charge in [-0.05, 0) is 36.8 Å². The number of ether oxygens (including phenoxy) is 1. The lowest BCUT2D eigenvalue weighted by Gasteiger charge is -2.12. The van der Waals surface area contributed by atoms with Crippen LogP contribution in [0.2, 0.25) is 5.02 Å². The molecule has 1 N–H and O–H groups in total. The Morgan fingerprint density at radius 1 is 1.41 bits per heavy atom. The molecule has 0 atom stereocenters. The zero-order chi connectivity index (χ0) is 16.3. The second kappa shape index (κ2) is 6.46. The monoisotopic (exact) mass is 319 g/mol. The van der Waals surface area contributed by atoms with Gasteiger partial charge in [0.2, 0.25) is 0 Å². The molecule has 2 aromatic carbocycles. The largest absolute Gasteiger partial charge is 0.481 e. The van der Waals surface area contributed by atoms with Crippen molar-refractivity contribution in [3.63, 3.8) is 0 Å². The molecule has 2 rings (SSSR count). The molecule has 6 heteroatoms. The van der Waals surface area contributed by atoms with E-state index in [4.69, 9.17) is 26.7 Å². The van der Waals surface area contributed by atoms with Crippen LogP contribution in [-0.2, 0) is 11.2 Å². The van der Waals surface area contributed by atoms with Gasteiger partial charge in [-0.25, -0.2) is 4.39 Å². The van der Waals surface area contributed by atoms with Gasteiger partial charge in [0.1, 0.15) is 5.75 Å². The topological polar surface area (TPSA) is 70.3 Å². The average molecular weight is 320 g/mol. The van der Waals surface area contributed by atoms with Crippen molar-refractivity contribution < 1.29 is 19.0 Å². The molecule has 0 saturated heterocycles. The van der Waals surface area contributed by atoms with Crippen LogP contribution in [0.3, 0.4) is 0 Å². The minimum absolute atomic E-state index is 0.0200. The standard InChI is InChI=1S/C16H11ClFNO3/c1-9-4-10(8-19)6-12(5-9)22-16-13(17)3-2-11(15(16)18)7-14(20)21/h2-6H,7H2,1H3,(H,20,21). The number of rotatable bonds is 4. The molecule has 0 aliphatic heterocycles. The zero-order valence-corrected chi connectivity index (χ0v) is 12.3. The molecule has 0 aliphatic rings. The second-order valence-electron chi connectivity index (χ2n) is 4.67. The first-order chi connectivity index (χ1) is 10.4. The van der Waals surface area contributed by atoms with Gasteiger partial charge >= 0.3 is 5.97 Å².